The van der Waals surface area contributed by atoms with Gasteiger partial charge in [0, 0.05) is 12.8 Å². The first-order chi connectivity index (χ1) is 40.5. The molecule has 0 aromatic heterocycles. The largest absolute Gasteiger partial charge is 0.462 e. The zero-order valence-corrected chi connectivity index (χ0v) is 54.8. The maximum absolute atomic E-state index is 12.9. The lowest BCUT2D eigenvalue weighted by Crippen LogP contribution is -2.30. The maximum atomic E-state index is 12.9. The Morgan fingerprint density at radius 2 is 0.524 bits per heavy atom. The minimum atomic E-state index is -0.814. The van der Waals surface area contributed by atoms with E-state index in [0.29, 0.717) is 12.8 Å². The molecular weight excluding hydrogens is 1010 g/mol. The molecule has 0 aromatic rings. The van der Waals surface area contributed by atoms with Gasteiger partial charge in [-0.2, -0.15) is 0 Å². The molecule has 0 radical (unpaired) electrons. The van der Waals surface area contributed by atoms with Crippen molar-refractivity contribution in [1.82, 2.24) is 0 Å². The number of hydrogen-bond donors (Lipinski definition) is 0. The van der Waals surface area contributed by atoms with Crippen LogP contribution in [0.25, 0.3) is 0 Å². The highest BCUT2D eigenvalue weighted by Crippen LogP contribution is 2.18. The highest BCUT2D eigenvalue weighted by Gasteiger charge is 2.19. The van der Waals surface area contributed by atoms with E-state index >= 15 is 0 Å². The first kappa shape index (κ1) is 78.8. The van der Waals surface area contributed by atoms with Gasteiger partial charge in [-0.25, -0.2) is 0 Å². The van der Waals surface area contributed by atoms with E-state index in [9.17, 15) is 14.4 Å². The molecule has 0 saturated carbocycles. The summed E-state index contributed by atoms with van der Waals surface area (Å²) >= 11 is 0. The van der Waals surface area contributed by atoms with Gasteiger partial charge in [0.1, 0.15) is 13.2 Å². The van der Waals surface area contributed by atoms with Crippen LogP contribution in [0.5, 0.6) is 0 Å². The zero-order chi connectivity index (χ0) is 59.2. The number of unbranched alkanes of at least 4 members (excludes halogenated alkanes) is 44. The first-order valence-corrected chi connectivity index (χ1v) is 35.9. The monoisotopic (exact) mass is 1150 g/mol. The van der Waals surface area contributed by atoms with Crippen LogP contribution >= 0.6 is 0 Å². The standard InChI is InChI=1S/C76H136O6/c1-4-7-10-13-16-19-22-25-28-30-32-34-35-36-37-38-39-40-41-42-44-45-48-51-54-57-60-63-66-69-75(78)81-72-73(71-80-74(77)68-65-62-59-56-53-50-47-27-24-21-18-15-12-9-6-3)82-76(79)70-67-64-61-58-55-52-49-46-43-33-31-29-26-23-20-17-14-11-8-5-2/h9,12,18,21,27,30,32,47,53,56,62,65,73H,4-8,10-11,13-17,19-20,22-26,28-29,31,33-46,48-52,54-55,57-61,63-64,66-72H2,1-3H3/b12-9-,21-18-,32-30-,47-27-,56-53-,65-62-. The third kappa shape index (κ3) is 67.6. The molecule has 0 amide bonds. The Morgan fingerprint density at radius 1 is 0.268 bits per heavy atom. The smallest absolute Gasteiger partial charge is 0.309 e. The van der Waals surface area contributed by atoms with E-state index in [-0.39, 0.29) is 31.6 Å². The number of rotatable bonds is 66. The fourth-order valence-electron chi connectivity index (χ4n) is 10.6. The van der Waals surface area contributed by atoms with Crippen LogP contribution in [0.1, 0.15) is 374 Å². The second-order valence-electron chi connectivity index (χ2n) is 24.1. The predicted molar refractivity (Wildman–Crippen MR) is 358 cm³/mol. The van der Waals surface area contributed by atoms with E-state index in [2.05, 4.69) is 81.5 Å². The molecule has 0 fully saturated rings. The predicted octanol–water partition coefficient (Wildman–Crippen LogP) is 24.8. The fourth-order valence-corrected chi connectivity index (χ4v) is 10.6. The summed E-state index contributed by atoms with van der Waals surface area (Å²) in [5, 5.41) is 0. The van der Waals surface area contributed by atoms with Crippen molar-refractivity contribution in [2.75, 3.05) is 13.2 Å². The van der Waals surface area contributed by atoms with Gasteiger partial charge < -0.3 is 14.2 Å². The van der Waals surface area contributed by atoms with Crippen molar-refractivity contribution in [3.8, 4) is 0 Å². The van der Waals surface area contributed by atoms with Crippen molar-refractivity contribution in [2.24, 2.45) is 0 Å². The Kier molecular flexibility index (Phi) is 67.6. The van der Waals surface area contributed by atoms with Gasteiger partial charge in [0.25, 0.3) is 0 Å². The average molecular weight is 1150 g/mol. The second kappa shape index (κ2) is 70.3. The highest BCUT2D eigenvalue weighted by molar-refractivity contribution is 5.72. The van der Waals surface area contributed by atoms with Gasteiger partial charge in [-0.05, 0) is 70.6 Å². The van der Waals surface area contributed by atoms with Crippen LogP contribution in [0.3, 0.4) is 0 Å². The SMILES string of the molecule is CC/C=C\C/C=C\C/C=C\C/C=C\C/C=C\CC(=O)OCC(COC(=O)CCCCCCCCCCCCCCCCCCC/C=C\CCCCCCCCCC)OC(=O)CCCCCCCCCCCCCCCCCCCCCC. The summed E-state index contributed by atoms with van der Waals surface area (Å²) in [5.41, 5.74) is 0. The quantitative estimate of drug-likeness (QED) is 0.0261. The van der Waals surface area contributed by atoms with E-state index < -0.39 is 12.1 Å². The van der Waals surface area contributed by atoms with E-state index in [4.69, 9.17) is 14.2 Å². The summed E-state index contributed by atoms with van der Waals surface area (Å²) in [6, 6.07) is 0. The van der Waals surface area contributed by atoms with Crippen molar-refractivity contribution < 1.29 is 28.6 Å². The summed E-state index contributed by atoms with van der Waals surface area (Å²) in [6.45, 7) is 6.50. The lowest BCUT2D eigenvalue weighted by atomic mass is 10.0. The highest BCUT2D eigenvalue weighted by atomic mass is 16.6. The topological polar surface area (TPSA) is 78.9 Å². The van der Waals surface area contributed by atoms with Crippen molar-refractivity contribution in [2.45, 2.75) is 380 Å². The van der Waals surface area contributed by atoms with E-state index in [0.717, 1.165) is 70.6 Å². The normalized spacial score (nSPS) is 12.5. The van der Waals surface area contributed by atoms with E-state index in [1.807, 2.05) is 12.2 Å². The molecule has 6 heteroatoms. The van der Waals surface area contributed by atoms with Gasteiger partial charge in [-0.1, -0.05) is 357 Å². The van der Waals surface area contributed by atoms with Gasteiger partial charge in [0.15, 0.2) is 6.10 Å². The molecule has 1 unspecified atom stereocenters. The zero-order valence-electron chi connectivity index (χ0n) is 54.8. The summed E-state index contributed by atoms with van der Waals surface area (Å²) in [7, 11) is 0. The fraction of sp³-hybridized carbons (Fsp3) is 0.803. The van der Waals surface area contributed by atoms with Crippen LogP contribution in [-0.2, 0) is 28.6 Å². The number of hydrogen-bond acceptors (Lipinski definition) is 6. The Balaban J connectivity index is 4.28. The lowest BCUT2D eigenvalue weighted by molar-refractivity contribution is -0.166. The third-order valence-electron chi connectivity index (χ3n) is 16.0. The number of carbonyl (C=O) groups excluding carboxylic acids is 3. The molecule has 0 N–H and O–H groups in total. The van der Waals surface area contributed by atoms with Crippen molar-refractivity contribution in [3.05, 3.63) is 72.9 Å². The summed E-state index contributed by atoms with van der Waals surface area (Å²) in [4.78, 5) is 38.4. The summed E-state index contributed by atoms with van der Waals surface area (Å²) in [6.07, 6.45) is 92.6. The van der Waals surface area contributed by atoms with E-state index in [1.54, 1.807) is 0 Å². The Labute approximate surface area is 510 Å². The molecule has 0 aliphatic rings. The van der Waals surface area contributed by atoms with Gasteiger partial charge >= 0.3 is 17.9 Å². The molecule has 82 heavy (non-hydrogen) atoms. The van der Waals surface area contributed by atoms with E-state index in [1.165, 1.54) is 263 Å². The van der Waals surface area contributed by atoms with Gasteiger partial charge in [0.05, 0.1) is 6.42 Å². The average Bonchev–Trinajstić information content (AvgIpc) is 3.47. The van der Waals surface area contributed by atoms with Crippen molar-refractivity contribution >= 4 is 17.9 Å². The lowest BCUT2D eigenvalue weighted by Gasteiger charge is -2.18. The number of allylic oxidation sites excluding steroid dienone is 11. The minimum Gasteiger partial charge on any atom is -0.462 e. The molecule has 0 rings (SSSR count). The minimum absolute atomic E-state index is 0.101. The Hall–Kier alpha value is -3.15. The van der Waals surface area contributed by atoms with Crippen LogP contribution in [0.2, 0.25) is 0 Å². The van der Waals surface area contributed by atoms with Gasteiger partial charge in [-0.3, -0.25) is 14.4 Å². The Bertz CT molecular complexity index is 1500. The summed E-state index contributed by atoms with van der Waals surface area (Å²) < 4.78 is 16.9. The molecular formula is C76H136O6. The molecule has 0 aliphatic heterocycles. The molecule has 0 aromatic carbocycles. The van der Waals surface area contributed by atoms with Crippen LogP contribution < -0.4 is 0 Å². The van der Waals surface area contributed by atoms with Crippen LogP contribution in [-0.4, -0.2) is 37.2 Å². The van der Waals surface area contributed by atoms with Crippen molar-refractivity contribution in [1.29, 1.82) is 0 Å². The maximum Gasteiger partial charge on any atom is 0.309 e. The molecule has 1 atom stereocenters. The number of esters is 3. The van der Waals surface area contributed by atoms with Gasteiger partial charge in [0.2, 0.25) is 0 Å². The molecule has 0 aliphatic carbocycles. The molecule has 476 valence electrons. The second-order valence-corrected chi connectivity index (χ2v) is 24.1. The van der Waals surface area contributed by atoms with Crippen LogP contribution in [0.4, 0.5) is 0 Å². The molecule has 0 spiro atoms. The summed E-state index contributed by atoms with van der Waals surface area (Å²) in [5.74, 6) is -1.01. The molecule has 6 nitrogen and oxygen atoms in total. The van der Waals surface area contributed by atoms with Crippen LogP contribution in [0.15, 0.2) is 72.9 Å². The number of ether oxygens (including phenoxy) is 3. The number of carbonyl (C=O) groups is 3. The van der Waals surface area contributed by atoms with Crippen LogP contribution in [0, 0.1) is 0 Å². The molecule has 0 bridgehead atoms. The van der Waals surface area contributed by atoms with Gasteiger partial charge in [-0.15, -0.1) is 0 Å². The van der Waals surface area contributed by atoms with Crippen molar-refractivity contribution in [3.63, 3.8) is 0 Å². The first-order valence-electron chi connectivity index (χ1n) is 35.9. The Morgan fingerprint density at radius 3 is 0.841 bits per heavy atom. The molecule has 0 heterocycles. The third-order valence-corrected chi connectivity index (χ3v) is 16.0. The molecule has 0 saturated heterocycles.